The Morgan fingerprint density at radius 2 is 2.12 bits per heavy atom. The molecule has 3 N–H and O–H groups in total. The van der Waals surface area contributed by atoms with Gasteiger partial charge in [0.2, 0.25) is 0 Å². The van der Waals surface area contributed by atoms with E-state index in [0.717, 1.165) is 11.3 Å². The molecule has 1 aromatic heterocycles. The van der Waals surface area contributed by atoms with Crippen LogP contribution in [0.2, 0.25) is 0 Å². The molecule has 0 atom stereocenters. The van der Waals surface area contributed by atoms with Gasteiger partial charge in [0.15, 0.2) is 9.34 Å². The quantitative estimate of drug-likeness (QED) is 0.783. The first-order valence-electron chi connectivity index (χ1n) is 4.42. The maximum Gasteiger partial charge on any atom is 0.253 e. The molecule has 1 heterocycles. The molecule has 0 amide bonds. The van der Waals surface area contributed by atoms with Crippen molar-refractivity contribution in [3.63, 3.8) is 0 Å². The van der Waals surface area contributed by atoms with E-state index in [4.69, 9.17) is 12.2 Å². The van der Waals surface area contributed by atoms with Crippen molar-refractivity contribution in [3.05, 3.63) is 5.69 Å². The van der Waals surface area contributed by atoms with Crippen molar-refractivity contribution in [1.82, 2.24) is 9.71 Å². The SMILES string of the molecule is C#CC(C)(C)NS(=O)(=O)c1sc(N)nc1C. The number of thiazole rings is 1. The summed E-state index contributed by atoms with van der Waals surface area (Å²) in [5, 5.41) is 0.219. The lowest BCUT2D eigenvalue weighted by molar-refractivity contribution is 0.540. The third-order valence-corrected chi connectivity index (χ3v) is 5.02. The van der Waals surface area contributed by atoms with E-state index in [1.807, 2.05) is 0 Å². The van der Waals surface area contributed by atoms with Crippen molar-refractivity contribution in [3.8, 4) is 12.3 Å². The van der Waals surface area contributed by atoms with Crippen molar-refractivity contribution in [2.24, 2.45) is 0 Å². The van der Waals surface area contributed by atoms with Gasteiger partial charge >= 0.3 is 0 Å². The van der Waals surface area contributed by atoms with E-state index in [9.17, 15) is 8.42 Å². The van der Waals surface area contributed by atoms with Crippen LogP contribution in [0.4, 0.5) is 5.13 Å². The number of hydrogen-bond donors (Lipinski definition) is 2. The highest BCUT2D eigenvalue weighted by molar-refractivity contribution is 7.91. The van der Waals surface area contributed by atoms with Crippen molar-refractivity contribution >= 4 is 26.5 Å². The lowest BCUT2D eigenvalue weighted by Gasteiger charge is -2.18. The fourth-order valence-corrected chi connectivity index (χ4v) is 3.71. The second kappa shape index (κ2) is 4.05. The zero-order valence-corrected chi connectivity index (χ0v) is 10.9. The van der Waals surface area contributed by atoms with Gasteiger partial charge in [-0.15, -0.1) is 6.42 Å². The molecule has 0 saturated heterocycles. The zero-order chi connectivity index (χ0) is 12.6. The Balaban J connectivity index is 3.15. The number of nitrogens with zero attached hydrogens (tertiary/aromatic N) is 1. The standard InChI is InChI=1S/C9H13N3O2S2/c1-5-9(3,4)12-16(13,14)7-6(2)11-8(10)15-7/h1,12H,2-4H3,(H2,10,11). The minimum atomic E-state index is -3.66. The van der Waals surface area contributed by atoms with Gasteiger partial charge in [0, 0.05) is 0 Å². The van der Waals surface area contributed by atoms with Gasteiger partial charge < -0.3 is 5.73 Å². The van der Waals surface area contributed by atoms with Gasteiger partial charge in [0.05, 0.1) is 11.2 Å². The van der Waals surface area contributed by atoms with E-state index in [2.05, 4.69) is 15.6 Å². The molecular weight excluding hydrogens is 246 g/mol. The monoisotopic (exact) mass is 259 g/mol. The van der Waals surface area contributed by atoms with Gasteiger partial charge in [-0.1, -0.05) is 17.3 Å². The number of sulfonamides is 1. The number of rotatable bonds is 3. The summed E-state index contributed by atoms with van der Waals surface area (Å²) >= 11 is 0.920. The van der Waals surface area contributed by atoms with E-state index in [1.165, 1.54) is 0 Å². The van der Waals surface area contributed by atoms with Crippen LogP contribution in [0, 0.1) is 19.3 Å². The minimum Gasteiger partial charge on any atom is -0.375 e. The largest absolute Gasteiger partial charge is 0.375 e. The highest BCUT2D eigenvalue weighted by Crippen LogP contribution is 2.25. The Hall–Kier alpha value is -1.10. The maximum atomic E-state index is 11.9. The first kappa shape index (κ1) is 13.0. The molecule has 0 aliphatic heterocycles. The number of nitrogens with two attached hydrogens (primary N) is 1. The van der Waals surface area contributed by atoms with Crippen LogP contribution in [0.3, 0.4) is 0 Å². The van der Waals surface area contributed by atoms with Gasteiger partial charge in [-0.2, -0.15) is 4.72 Å². The Labute approximate surface area is 99.1 Å². The van der Waals surface area contributed by atoms with Crippen molar-refractivity contribution in [2.75, 3.05) is 5.73 Å². The highest BCUT2D eigenvalue weighted by atomic mass is 32.2. The molecule has 1 aromatic rings. The first-order chi connectivity index (χ1) is 7.18. The number of aryl methyl sites for hydroxylation is 1. The maximum absolute atomic E-state index is 11.9. The summed E-state index contributed by atoms with van der Waals surface area (Å²) in [6.07, 6.45) is 5.22. The van der Waals surface area contributed by atoms with E-state index < -0.39 is 15.6 Å². The summed E-state index contributed by atoms with van der Waals surface area (Å²) in [5.74, 6) is 2.36. The van der Waals surface area contributed by atoms with Crippen molar-refractivity contribution < 1.29 is 8.42 Å². The highest BCUT2D eigenvalue weighted by Gasteiger charge is 2.27. The average Bonchev–Trinajstić information content (AvgIpc) is 2.44. The Kier molecular flexibility index (Phi) is 3.28. The molecule has 0 unspecified atom stereocenters. The van der Waals surface area contributed by atoms with Crippen LogP contribution in [0.5, 0.6) is 0 Å². The molecule has 16 heavy (non-hydrogen) atoms. The minimum absolute atomic E-state index is 0.105. The van der Waals surface area contributed by atoms with Gasteiger partial charge in [0.1, 0.15) is 0 Å². The Morgan fingerprint density at radius 3 is 2.50 bits per heavy atom. The number of aromatic nitrogens is 1. The molecule has 5 nitrogen and oxygen atoms in total. The lowest BCUT2D eigenvalue weighted by atomic mass is 10.1. The molecule has 0 fully saturated rings. The summed E-state index contributed by atoms with van der Waals surface area (Å²) < 4.78 is 26.4. The van der Waals surface area contributed by atoms with Crippen LogP contribution in [0.15, 0.2) is 4.21 Å². The zero-order valence-electron chi connectivity index (χ0n) is 9.23. The third-order valence-electron chi connectivity index (χ3n) is 1.77. The summed E-state index contributed by atoms with van der Waals surface area (Å²) in [6.45, 7) is 4.79. The fraction of sp³-hybridized carbons (Fsp3) is 0.444. The van der Waals surface area contributed by atoms with E-state index in [0.29, 0.717) is 5.69 Å². The number of anilines is 1. The second-order valence-electron chi connectivity index (χ2n) is 3.80. The molecule has 0 aliphatic rings. The fourth-order valence-electron chi connectivity index (χ4n) is 1.06. The van der Waals surface area contributed by atoms with E-state index in [-0.39, 0.29) is 9.34 Å². The van der Waals surface area contributed by atoms with Crippen LogP contribution in [0.1, 0.15) is 19.5 Å². The van der Waals surface area contributed by atoms with Gasteiger partial charge in [-0.25, -0.2) is 13.4 Å². The second-order valence-corrected chi connectivity index (χ2v) is 6.71. The number of nitrogen functional groups attached to an aromatic ring is 1. The number of hydrogen-bond acceptors (Lipinski definition) is 5. The number of terminal acetylenes is 1. The average molecular weight is 259 g/mol. The molecular formula is C9H13N3O2S2. The van der Waals surface area contributed by atoms with Crippen molar-refractivity contribution in [2.45, 2.75) is 30.5 Å². The Bertz CT molecular complexity index is 538. The van der Waals surface area contributed by atoms with Gasteiger partial charge in [-0.05, 0) is 20.8 Å². The smallest absolute Gasteiger partial charge is 0.253 e. The molecule has 0 radical (unpaired) electrons. The van der Waals surface area contributed by atoms with Crippen LogP contribution in [0.25, 0.3) is 0 Å². The molecule has 88 valence electrons. The normalized spacial score (nSPS) is 12.4. The number of nitrogens with one attached hydrogen (secondary N) is 1. The molecule has 0 spiro atoms. The van der Waals surface area contributed by atoms with Crippen LogP contribution in [-0.4, -0.2) is 18.9 Å². The molecule has 0 bridgehead atoms. The predicted octanol–water partition coefficient (Wildman–Crippen LogP) is 0.724. The third kappa shape index (κ3) is 2.72. The summed E-state index contributed by atoms with van der Waals surface area (Å²) in [4.78, 5) is 3.86. The van der Waals surface area contributed by atoms with E-state index in [1.54, 1.807) is 20.8 Å². The molecule has 1 rings (SSSR count). The van der Waals surface area contributed by atoms with Crippen LogP contribution < -0.4 is 10.5 Å². The van der Waals surface area contributed by atoms with Gasteiger partial charge in [-0.3, -0.25) is 0 Å². The molecule has 0 saturated carbocycles. The Morgan fingerprint density at radius 1 is 1.56 bits per heavy atom. The van der Waals surface area contributed by atoms with Crippen LogP contribution in [-0.2, 0) is 10.0 Å². The van der Waals surface area contributed by atoms with Gasteiger partial charge in [0.25, 0.3) is 10.0 Å². The van der Waals surface area contributed by atoms with Crippen molar-refractivity contribution in [1.29, 1.82) is 0 Å². The predicted molar refractivity (Wildman–Crippen MR) is 64.5 cm³/mol. The molecule has 0 aromatic carbocycles. The summed E-state index contributed by atoms with van der Waals surface area (Å²) in [7, 11) is -3.66. The van der Waals surface area contributed by atoms with E-state index >= 15 is 0 Å². The first-order valence-corrected chi connectivity index (χ1v) is 6.72. The lowest BCUT2D eigenvalue weighted by Crippen LogP contribution is -2.41. The summed E-state index contributed by atoms with van der Waals surface area (Å²) in [5.41, 5.74) is 4.88. The summed E-state index contributed by atoms with van der Waals surface area (Å²) in [6, 6.07) is 0. The molecule has 0 aliphatic carbocycles. The topological polar surface area (TPSA) is 85.1 Å². The van der Waals surface area contributed by atoms with Crippen LogP contribution >= 0.6 is 11.3 Å². The molecule has 7 heteroatoms.